The maximum atomic E-state index is 12.6. The molecule has 0 saturated carbocycles. The molecule has 1 fully saturated rings. The molecule has 12 nitrogen and oxygen atoms in total. The summed E-state index contributed by atoms with van der Waals surface area (Å²) in [5.74, 6) is -4.37. The van der Waals surface area contributed by atoms with E-state index in [9.17, 15) is 35.1 Å². The van der Waals surface area contributed by atoms with E-state index in [-0.39, 0.29) is 35.5 Å². The second-order valence-corrected chi connectivity index (χ2v) is 8.47. The number of rotatable bonds is 8. The number of hydrogen-bond donors (Lipinski definition) is 5. The summed E-state index contributed by atoms with van der Waals surface area (Å²) in [5, 5.41) is 50.6. The van der Waals surface area contributed by atoms with Crippen molar-refractivity contribution in [3.8, 4) is 5.75 Å². The molecule has 0 unspecified atom stereocenters. The van der Waals surface area contributed by atoms with Gasteiger partial charge in [-0.05, 0) is 38.1 Å². The Bertz CT molecular complexity index is 1020. The molecule has 2 aliphatic rings. The molecule has 2 aliphatic heterocycles. The lowest BCUT2D eigenvalue weighted by molar-refractivity contribution is -0.360. The Morgan fingerprint density at radius 3 is 2.35 bits per heavy atom. The van der Waals surface area contributed by atoms with Crippen LogP contribution in [-0.2, 0) is 39.1 Å². The molecule has 3 rings (SSSR count). The molecule has 0 aromatic heterocycles. The number of ether oxygens (including phenoxy) is 5. The number of benzene rings is 1. The van der Waals surface area contributed by atoms with Gasteiger partial charge in [0.05, 0.1) is 38.6 Å². The molecule has 1 saturated heterocycles. The van der Waals surface area contributed by atoms with Gasteiger partial charge in [0, 0.05) is 17.1 Å². The predicted octanol–water partition coefficient (Wildman–Crippen LogP) is -0.0357. The van der Waals surface area contributed by atoms with Crippen LogP contribution in [0.15, 0.2) is 47.7 Å². The van der Waals surface area contributed by atoms with Crippen LogP contribution in [0.25, 0.3) is 0 Å². The summed E-state index contributed by atoms with van der Waals surface area (Å²) in [4.78, 5) is 25.1. The largest absolute Gasteiger partial charge is 0.508 e. The normalized spacial score (nSPS) is 32.8. The zero-order chi connectivity index (χ0) is 27.3. The summed E-state index contributed by atoms with van der Waals surface area (Å²) < 4.78 is 27.7. The highest BCUT2D eigenvalue weighted by Gasteiger charge is 2.54. The number of carbonyl (C=O) groups excluding carboxylic acids is 2. The van der Waals surface area contributed by atoms with Gasteiger partial charge in [-0.2, -0.15) is 0 Å². The Hall–Kier alpha value is -3.00. The Morgan fingerprint density at radius 2 is 1.78 bits per heavy atom. The van der Waals surface area contributed by atoms with Crippen LogP contribution in [0, 0.1) is 5.92 Å². The van der Waals surface area contributed by atoms with Gasteiger partial charge < -0.3 is 49.2 Å². The summed E-state index contributed by atoms with van der Waals surface area (Å²) in [6.45, 7) is 2.67. The Kier molecular flexibility index (Phi) is 9.29. The fourth-order valence-electron chi connectivity index (χ4n) is 4.41. The third-order valence-corrected chi connectivity index (χ3v) is 6.27. The van der Waals surface area contributed by atoms with Crippen LogP contribution in [-0.4, -0.2) is 88.5 Å². The molecule has 5 N–H and O–H groups in total. The van der Waals surface area contributed by atoms with Gasteiger partial charge >= 0.3 is 11.9 Å². The van der Waals surface area contributed by atoms with E-state index in [1.807, 2.05) is 0 Å². The lowest BCUT2D eigenvalue weighted by atomic mass is 9.79. The molecule has 0 spiro atoms. The van der Waals surface area contributed by atoms with Crippen molar-refractivity contribution in [3.63, 3.8) is 0 Å². The van der Waals surface area contributed by atoms with E-state index < -0.39 is 61.0 Å². The summed E-state index contributed by atoms with van der Waals surface area (Å²) in [5.41, 5.74) is 0.492. The van der Waals surface area contributed by atoms with E-state index in [2.05, 4.69) is 0 Å². The van der Waals surface area contributed by atoms with Gasteiger partial charge in [-0.15, -0.1) is 0 Å². The van der Waals surface area contributed by atoms with E-state index in [1.165, 1.54) is 31.4 Å². The van der Waals surface area contributed by atoms with Crippen LogP contribution in [0.1, 0.15) is 25.8 Å². The first-order valence-electron chi connectivity index (χ1n) is 11.7. The van der Waals surface area contributed by atoms with Gasteiger partial charge in [0.15, 0.2) is 6.29 Å². The first kappa shape index (κ1) is 28.6. The van der Waals surface area contributed by atoms with E-state index >= 15 is 0 Å². The molecule has 1 aromatic rings. The average molecular weight is 525 g/mol. The first-order valence-corrected chi connectivity index (χ1v) is 11.7. The Balaban J connectivity index is 2.16. The molecule has 0 bridgehead atoms. The number of aromatic hydroxyl groups is 1. The van der Waals surface area contributed by atoms with Gasteiger partial charge in [-0.1, -0.05) is 6.08 Å². The van der Waals surface area contributed by atoms with Crippen molar-refractivity contribution in [2.75, 3.05) is 20.3 Å². The summed E-state index contributed by atoms with van der Waals surface area (Å²) in [6, 6.07) is 5.62. The lowest BCUT2D eigenvalue weighted by Crippen LogP contribution is -2.61. The average Bonchev–Trinajstić information content (AvgIpc) is 2.89. The fraction of sp³-hybridized carbons (Fsp3) is 0.520. The van der Waals surface area contributed by atoms with E-state index in [0.717, 1.165) is 6.26 Å². The predicted molar refractivity (Wildman–Crippen MR) is 124 cm³/mol. The van der Waals surface area contributed by atoms with Crippen LogP contribution >= 0.6 is 0 Å². The number of allylic oxidation sites excluding steroid dienone is 1. The van der Waals surface area contributed by atoms with Crippen LogP contribution < -0.4 is 0 Å². The number of phenolic OH excluding ortho intramolecular Hbond substituents is 1. The Labute approximate surface area is 213 Å². The summed E-state index contributed by atoms with van der Waals surface area (Å²) in [6.07, 6.45) is -5.72. The maximum absolute atomic E-state index is 12.6. The van der Waals surface area contributed by atoms with Crippen LogP contribution in [0.4, 0.5) is 0 Å². The molecular formula is C25H32O12. The molecule has 37 heavy (non-hydrogen) atoms. The van der Waals surface area contributed by atoms with Gasteiger partial charge in [0.2, 0.25) is 0 Å². The molecule has 0 amide bonds. The minimum atomic E-state index is -1.95. The maximum Gasteiger partial charge on any atom is 0.337 e. The quantitative estimate of drug-likeness (QED) is 0.226. The van der Waals surface area contributed by atoms with Crippen molar-refractivity contribution in [2.45, 2.75) is 56.8 Å². The van der Waals surface area contributed by atoms with Crippen LogP contribution in [0.5, 0.6) is 5.75 Å². The minimum absolute atomic E-state index is 0.00420. The molecule has 7 atom stereocenters. The van der Waals surface area contributed by atoms with Crippen molar-refractivity contribution in [3.05, 3.63) is 53.3 Å². The first-order chi connectivity index (χ1) is 17.6. The summed E-state index contributed by atoms with van der Waals surface area (Å²) >= 11 is 0. The zero-order valence-corrected chi connectivity index (χ0v) is 20.6. The second kappa shape index (κ2) is 12.0. The fourth-order valence-corrected chi connectivity index (χ4v) is 4.41. The second-order valence-electron chi connectivity index (χ2n) is 8.47. The van der Waals surface area contributed by atoms with Gasteiger partial charge in [-0.25, -0.2) is 4.79 Å². The molecule has 204 valence electrons. The molecular weight excluding hydrogens is 492 g/mol. The number of aliphatic hydroxyl groups excluding tert-OH is 4. The highest BCUT2D eigenvalue weighted by atomic mass is 16.8. The SMILES string of the molecule is CC=C1[C@H](CC(=O)OCC)C(C(=O)OC)=CO[C@]1(O[C@@H]1O[C@H](CO)[C@@H](O)[C@H](O)[C@H]1O)c1ccc(O)cc1. The minimum Gasteiger partial charge on any atom is -0.508 e. The number of carbonyl (C=O) groups is 2. The molecule has 0 radical (unpaired) electrons. The van der Waals surface area contributed by atoms with Crippen molar-refractivity contribution in [1.29, 1.82) is 0 Å². The Morgan fingerprint density at radius 1 is 1.11 bits per heavy atom. The smallest absolute Gasteiger partial charge is 0.337 e. The van der Waals surface area contributed by atoms with Crippen molar-refractivity contribution < 1.29 is 58.8 Å². The van der Waals surface area contributed by atoms with Crippen LogP contribution in [0.3, 0.4) is 0 Å². The highest BCUT2D eigenvalue weighted by Crippen LogP contribution is 2.48. The van der Waals surface area contributed by atoms with Gasteiger partial charge in [-0.3, -0.25) is 4.79 Å². The van der Waals surface area contributed by atoms with Crippen molar-refractivity contribution >= 4 is 11.9 Å². The van der Waals surface area contributed by atoms with E-state index in [4.69, 9.17) is 23.7 Å². The van der Waals surface area contributed by atoms with Gasteiger partial charge in [0.1, 0.15) is 30.2 Å². The number of esters is 2. The van der Waals surface area contributed by atoms with Crippen molar-refractivity contribution in [1.82, 2.24) is 0 Å². The molecule has 0 aliphatic carbocycles. The zero-order valence-electron chi connectivity index (χ0n) is 20.6. The number of hydrogen-bond acceptors (Lipinski definition) is 12. The van der Waals surface area contributed by atoms with Crippen LogP contribution in [0.2, 0.25) is 0 Å². The number of aliphatic hydroxyl groups is 4. The van der Waals surface area contributed by atoms with Gasteiger partial charge in [0.25, 0.3) is 5.79 Å². The van der Waals surface area contributed by atoms with Crippen molar-refractivity contribution in [2.24, 2.45) is 5.92 Å². The molecule has 1 aromatic carbocycles. The molecule has 2 heterocycles. The summed E-state index contributed by atoms with van der Waals surface area (Å²) in [7, 11) is 1.17. The third-order valence-electron chi connectivity index (χ3n) is 6.27. The standard InChI is InChI=1S/C25H32O12/c1-4-17-15(10-19(28)34-5-2)16(23(32)33-3)12-35-25(17,13-6-8-14(27)9-7-13)37-24-22(31)21(30)20(29)18(11-26)36-24/h4,6-9,12,15,18,20-22,24,26-27,29-31H,5,10-11H2,1-3H3/t15-,18-,20-,21+,22-,24+,25+/m1/s1. The number of methoxy groups -OCH3 is 1. The third kappa shape index (κ3) is 5.64. The lowest BCUT2D eigenvalue weighted by Gasteiger charge is -2.47. The number of phenols is 1. The monoisotopic (exact) mass is 524 g/mol. The molecule has 12 heteroatoms. The highest BCUT2D eigenvalue weighted by molar-refractivity contribution is 5.91. The van der Waals surface area contributed by atoms with E-state index in [0.29, 0.717) is 0 Å². The van der Waals surface area contributed by atoms with E-state index in [1.54, 1.807) is 19.9 Å². The topological polar surface area (TPSA) is 181 Å².